The van der Waals surface area contributed by atoms with Gasteiger partial charge < -0.3 is 9.80 Å². The molecule has 2 aromatic rings. The molecule has 0 N–H and O–H groups in total. The van der Waals surface area contributed by atoms with Gasteiger partial charge in [-0.25, -0.2) is 14.4 Å². The Kier molecular flexibility index (Phi) is 5.26. The van der Waals surface area contributed by atoms with Crippen molar-refractivity contribution in [3.05, 3.63) is 35.7 Å². The molecule has 5 rings (SSSR count). The molecule has 32 heavy (non-hydrogen) atoms. The molecule has 0 aromatic carbocycles. The van der Waals surface area contributed by atoms with Crippen molar-refractivity contribution in [2.75, 3.05) is 31.1 Å². The van der Waals surface area contributed by atoms with E-state index in [2.05, 4.69) is 24.9 Å². The van der Waals surface area contributed by atoms with Crippen LogP contribution >= 0.6 is 0 Å². The predicted octanol–water partition coefficient (Wildman–Crippen LogP) is 1.61. The van der Waals surface area contributed by atoms with Gasteiger partial charge in [-0.15, -0.1) is 0 Å². The summed E-state index contributed by atoms with van der Waals surface area (Å²) in [5, 5.41) is 3.87. The Morgan fingerprint density at radius 2 is 1.78 bits per heavy atom. The first-order valence-electron chi connectivity index (χ1n) is 10.6. The maximum atomic E-state index is 13.2. The van der Waals surface area contributed by atoms with Gasteiger partial charge in [0.1, 0.15) is 6.54 Å². The van der Waals surface area contributed by atoms with E-state index >= 15 is 0 Å². The lowest BCUT2D eigenvalue weighted by atomic mass is 10.1. The Morgan fingerprint density at radius 3 is 2.44 bits per heavy atom. The molecule has 0 saturated carbocycles. The summed E-state index contributed by atoms with van der Waals surface area (Å²) in [7, 11) is 0. The molecule has 5 heterocycles. The fourth-order valence-electron chi connectivity index (χ4n) is 5.09. The summed E-state index contributed by atoms with van der Waals surface area (Å²) in [6.07, 6.45) is 1.72. The third kappa shape index (κ3) is 4.15. The molecule has 172 valence electrons. The number of carbonyl (C=O) groups excluding carboxylic acids is 1. The van der Waals surface area contributed by atoms with Gasteiger partial charge in [-0.05, 0) is 12.8 Å². The number of fused-ring (bicyclic) bond motifs is 3. The van der Waals surface area contributed by atoms with Crippen molar-refractivity contribution >= 4 is 11.9 Å². The minimum Gasteiger partial charge on any atom is -0.337 e. The van der Waals surface area contributed by atoms with Gasteiger partial charge in [0, 0.05) is 55.9 Å². The van der Waals surface area contributed by atoms with Crippen molar-refractivity contribution in [1.82, 2.24) is 29.5 Å². The first-order valence-corrected chi connectivity index (χ1v) is 10.6. The maximum Gasteiger partial charge on any atom is 0.408 e. The first-order chi connectivity index (χ1) is 15.3. The summed E-state index contributed by atoms with van der Waals surface area (Å²) < 4.78 is 52.3. The highest BCUT2D eigenvalue weighted by Crippen LogP contribution is 2.33. The van der Waals surface area contributed by atoms with E-state index in [1.165, 1.54) is 18.6 Å². The Hall–Kier alpha value is -2.76. The summed E-state index contributed by atoms with van der Waals surface area (Å²) in [6, 6.07) is 0.334. The third-order valence-electron chi connectivity index (χ3n) is 6.45. The number of carbonyl (C=O) groups is 1. The zero-order valence-electron chi connectivity index (χ0n) is 17.3. The molecule has 2 aromatic heterocycles. The largest absolute Gasteiger partial charge is 0.408 e. The zero-order valence-corrected chi connectivity index (χ0v) is 17.3. The van der Waals surface area contributed by atoms with Gasteiger partial charge in [0.25, 0.3) is 0 Å². The smallest absolute Gasteiger partial charge is 0.337 e. The molecule has 1 amide bonds. The fraction of sp³-hybridized carbons (Fsp3) is 0.600. The number of hydrogen-bond donors (Lipinski definition) is 0. The van der Waals surface area contributed by atoms with Crippen LogP contribution < -0.4 is 4.90 Å². The Balaban J connectivity index is 1.19. The monoisotopic (exact) mass is 453 g/mol. The molecule has 2 saturated heterocycles. The van der Waals surface area contributed by atoms with Crippen LogP contribution in [0, 0.1) is 5.82 Å². The number of aromatic nitrogens is 4. The number of hydrogen-bond acceptors (Lipinski definition) is 6. The number of piperazine rings is 1. The van der Waals surface area contributed by atoms with Gasteiger partial charge >= 0.3 is 6.18 Å². The number of halogens is 4. The van der Waals surface area contributed by atoms with E-state index in [1.54, 1.807) is 4.90 Å². The second kappa shape index (κ2) is 7.98. The van der Waals surface area contributed by atoms with E-state index in [-0.39, 0.29) is 31.1 Å². The average molecular weight is 453 g/mol. The second-order valence-corrected chi connectivity index (χ2v) is 8.64. The van der Waals surface area contributed by atoms with E-state index in [0.29, 0.717) is 43.3 Å². The van der Waals surface area contributed by atoms with Crippen LogP contribution in [0.2, 0.25) is 0 Å². The highest BCUT2D eigenvalue weighted by Gasteiger charge is 2.42. The predicted molar refractivity (Wildman–Crippen MR) is 105 cm³/mol. The van der Waals surface area contributed by atoms with Crippen LogP contribution in [0.5, 0.6) is 0 Å². The van der Waals surface area contributed by atoms with Crippen LogP contribution in [0.4, 0.5) is 23.5 Å². The molecule has 8 nitrogen and oxygen atoms in total. The highest BCUT2D eigenvalue weighted by molar-refractivity contribution is 5.78. The number of nitrogens with zero attached hydrogens (tertiary/aromatic N) is 7. The van der Waals surface area contributed by atoms with Gasteiger partial charge in [-0.3, -0.25) is 14.4 Å². The highest BCUT2D eigenvalue weighted by atomic mass is 19.4. The van der Waals surface area contributed by atoms with Crippen molar-refractivity contribution in [1.29, 1.82) is 0 Å². The van der Waals surface area contributed by atoms with Crippen LogP contribution in [0.25, 0.3) is 0 Å². The molecule has 12 heteroatoms. The summed E-state index contributed by atoms with van der Waals surface area (Å²) in [5.74, 6) is 0.00776. The van der Waals surface area contributed by atoms with E-state index < -0.39 is 18.5 Å². The van der Waals surface area contributed by atoms with E-state index in [4.69, 9.17) is 0 Å². The van der Waals surface area contributed by atoms with Crippen molar-refractivity contribution in [2.24, 2.45) is 0 Å². The molecule has 2 unspecified atom stereocenters. The molecule has 3 aliphatic rings. The topological polar surface area (TPSA) is 70.4 Å². The van der Waals surface area contributed by atoms with Crippen LogP contribution in [-0.4, -0.2) is 79.9 Å². The van der Waals surface area contributed by atoms with Gasteiger partial charge in [-0.1, -0.05) is 0 Å². The Morgan fingerprint density at radius 1 is 1.09 bits per heavy atom. The van der Waals surface area contributed by atoms with E-state index in [0.717, 1.165) is 17.5 Å². The number of likely N-dealkylation sites (tertiary alicyclic amines) is 1. The lowest BCUT2D eigenvalue weighted by molar-refractivity contribution is -0.143. The van der Waals surface area contributed by atoms with E-state index in [1.807, 2.05) is 0 Å². The summed E-state index contributed by atoms with van der Waals surface area (Å²) in [6.45, 7) is 1.18. The summed E-state index contributed by atoms with van der Waals surface area (Å²) in [5.41, 5.74) is 1.23. The SMILES string of the molecule is O=C(CN1CC2CCC(C1)N2c1ncc(F)cn1)N1CCc2c(cnn2CC(F)(F)F)C1. The second-order valence-electron chi connectivity index (χ2n) is 8.64. The molecular weight excluding hydrogens is 430 g/mol. The molecule has 2 fully saturated rings. The number of rotatable bonds is 4. The number of amides is 1. The minimum absolute atomic E-state index is 0.0369. The zero-order chi connectivity index (χ0) is 22.5. The van der Waals surface area contributed by atoms with Gasteiger partial charge in [0.05, 0.1) is 25.1 Å². The summed E-state index contributed by atoms with van der Waals surface area (Å²) in [4.78, 5) is 27.1. The minimum atomic E-state index is -4.33. The van der Waals surface area contributed by atoms with Crippen LogP contribution in [0.3, 0.4) is 0 Å². The van der Waals surface area contributed by atoms with Gasteiger partial charge in [0.2, 0.25) is 11.9 Å². The molecule has 2 bridgehead atoms. The molecule has 0 spiro atoms. The van der Waals surface area contributed by atoms with Crippen molar-refractivity contribution in [2.45, 2.75) is 50.6 Å². The number of anilines is 1. The lowest BCUT2D eigenvalue weighted by Crippen LogP contribution is -2.56. The van der Waals surface area contributed by atoms with Crippen LogP contribution in [0.1, 0.15) is 24.1 Å². The molecule has 0 radical (unpaired) electrons. The Bertz CT molecular complexity index is 979. The van der Waals surface area contributed by atoms with Crippen LogP contribution in [0.15, 0.2) is 18.6 Å². The average Bonchev–Trinajstić information content (AvgIpc) is 3.25. The third-order valence-corrected chi connectivity index (χ3v) is 6.45. The molecular formula is C20H23F4N7O. The van der Waals surface area contributed by atoms with Gasteiger partial charge in [0.15, 0.2) is 5.82 Å². The quantitative estimate of drug-likeness (QED) is 0.656. The lowest BCUT2D eigenvalue weighted by Gasteiger charge is -2.41. The van der Waals surface area contributed by atoms with Crippen molar-refractivity contribution < 1.29 is 22.4 Å². The standard InChI is InChI=1S/C20H23F4N7O/c21-14-6-25-19(26-7-14)31-15-1-2-16(31)10-28(9-15)11-18(32)29-4-3-17-13(8-29)5-27-30(17)12-20(22,23)24/h5-7,15-16H,1-4,8-12H2. The number of alkyl halides is 3. The first kappa shape index (κ1) is 21.1. The van der Waals surface area contributed by atoms with E-state index in [9.17, 15) is 22.4 Å². The molecule has 3 aliphatic heterocycles. The van der Waals surface area contributed by atoms with Gasteiger partial charge in [-0.2, -0.15) is 18.3 Å². The molecule has 2 atom stereocenters. The normalized spacial score (nSPS) is 23.5. The molecule has 0 aliphatic carbocycles. The summed E-state index contributed by atoms with van der Waals surface area (Å²) >= 11 is 0. The van der Waals surface area contributed by atoms with Crippen molar-refractivity contribution in [3.8, 4) is 0 Å². The maximum absolute atomic E-state index is 13.2. The fourth-order valence-corrected chi connectivity index (χ4v) is 5.09. The Labute approximate surface area is 181 Å². The van der Waals surface area contributed by atoms with Crippen LogP contribution in [-0.2, 0) is 24.3 Å². The van der Waals surface area contributed by atoms with Crippen molar-refractivity contribution in [3.63, 3.8) is 0 Å².